The maximum Gasteiger partial charge on any atom is 0.377 e. The molecule has 0 aliphatic rings. The number of carboxylic acids is 1. The molecule has 2 N–H and O–H groups in total. The topological polar surface area (TPSA) is 88.2 Å². The molecule has 0 aliphatic carbocycles. The van der Waals surface area contributed by atoms with Gasteiger partial charge in [0.15, 0.2) is 0 Å². The first-order valence-electron chi connectivity index (χ1n) is 3.39. The summed E-state index contributed by atoms with van der Waals surface area (Å²) in [6.07, 6.45) is 0. The molecule has 0 saturated carbocycles. The van der Waals surface area contributed by atoms with Crippen molar-refractivity contribution in [2.24, 2.45) is 0 Å². The van der Waals surface area contributed by atoms with Gasteiger partial charge < -0.3 is 14.9 Å². The Morgan fingerprint density at radius 1 is 1.75 bits per heavy atom. The maximum absolute atomic E-state index is 10.3. The van der Waals surface area contributed by atoms with E-state index in [1.807, 2.05) is 0 Å². The first-order chi connectivity index (χ1) is 5.65. The summed E-state index contributed by atoms with van der Waals surface area (Å²) in [7, 11) is 1.72. The second kappa shape index (κ2) is 3.31. The van der Waals surface area contributed by atoms with Crippen LogP contribution in [-0.4, -0.2) is 28.3 Å². The van der Waals surface area contributed by atoms with Gasteiger partial charge in [0, 0.05) is 0 Å². The van der Waals surface area contributed by atoms with Crippen molar-refractivity contribution in [3.05, 3.63) is 11.7 Å². The van der Waals surface area contributed by atoms with Gasteiger partial charge in [-0.3, -0.25) is 0 Å². The van der Waals surface area contributed by atoms with Gasteiger partial charge in [0.2, 0.25) is 5.89 Å². The molecule has 6 heteroatoms. The van der Waals surface area contributed by atoms with Crippen LogP contribution in [0.3, 0.4) is 0 Å². The van der Waals surface area contributed by atoms with Crippen molar-refractivity contribution < 1.29 is 14.4 Å². The van der Waals surface area contributed by atoms with E-state index in [9.17, 15) is 4.79 Å². The SMILES string of the molecule is CN[C@@H](C)c1nc(C(=O)O)no1. The predicted molar refractivity (Wildman–Crippen MR) is 38.7 cm³/mol. The van der Waals surface area contributed by atoms with E-state index in [0.717, 1.165) is 0 Å². The highest BCUT2D eigenvalue weighted by Gasteiger charge is 2.15. The fourth-order valence-electron chi connectivity index (χ4n) is 0.621. The first kappa shape index (κ1) is 8.66. The van der Waals surface area contributed by atoms with E-state index in [4.69, 9.17) is 5.11 Å². The molecule has 0 saturated heterocycles. The van der Waals surface area contributed by atoms with Gasteiger partial charge in [-0.15, -0.1) is 0 Å². The minimum Gasteiger partial charge on any atom is -0.475 e. The van der Waals surface area contributed by atoms with Crippen LogP contribution in [0.25, 0.3) is 0 Å². The third-order valence-electron chi connectivity index (χ3n) is 1.44. The third kappa shape index (κ3) is 1.59. The van der Waals surface area contributed by atoms with Gasteiger partial charge in [-0.05, 0) is 19.1 Å². The van der Waals surface area contributed by atoms with Crippen LogP contribution in [0, 0.1) is 0 Å². The smallest absolute Gasteiger partial charge is 0.377 e. The molecule has 12 heavy (non-hydrogen) atoms. The van der Waals surface area contributed by atoms with E-state index in [0.29, 0.717) is 0 Å². The van der Waals surface area contributed by atoms with E-state index >= 15 is 0 Å². The van der Waals surface area contributed by atoms with Crippen molar-refractivity contribution in [1.29, 1.82) is 0 Å². The van der Waals surface area contributed by atoms with Gasteiger partial charge in [0.1, 0.15) is 0 Å². The Morgan fingerprint density at radius 2 is 2.42 bits per heavy atom. The highest BCUT2D eigenvalue weighted by Crippen LogP contribution is 2.07. The van der Waals surface area contributed by atoms with Gasteiger partial charge in [0.05, 0.1) is 6.04 Å². The number of carboxylic acid groups (broad SMARTS) is 1. The largest absolute Gasteiger partial charge is 0.475 e. The maximum atomic E-state index is 10.3. The number of hydrogen-bond donors (Lipinski definition) is 2. The van der Waals surface area contributed by atoms with Crippen molar-refractivity contribution in [3.63, 3.8) is 0 Å². The van der Waals surface area contributed by atoms with Crippen LogP contribution >= 0.6 is 0 Å². The van der Waals surface area contributed by atoms with Crippen LogP contribution in [-0.2, 0) is 0 Å². The predicted octanol–water partition coefficient (Wildman–Crippen LogP) is 0.0482. The minimum absolute atomic E-state index is 0.134. The van der Waals surface area contributed by atoms with E-state index < -0.39 is 5.97 Å². The van der Waals surface area contributed by atoms with Gasteiger partial charge in [0.25, 0.3) is 5.82 Å². The van der Waals surface area contributed by atoms with Crippen molar-refractivity contribution in [2.45, 2.75) is 13.0 Å². The Bertz CT molecular complexity index is 283. The van der Waals surface area contributed by atoms with Gasteiger partial charge in [-0.25, -0.2) is 4.79 Å². The molecule has 0 spiro atoms. The molecule has 0 amide bonds. The van der Waals surface area contributed by atoms with Crippen LogP contribution in [0.1, 0.15) is 29.5 Å². The summed E-state index contributed by atoms with van der Waals surface area (Å²) in [6, 6.07) is -0.134. The molecule has 1 atom stereocenters. The summed E-state index contributed by atoms with van der Waals surface area (Å²) >= 11 is 0. The Balaban J connectivity index is 2.84. The van der Waals surface area contributed by atoms with E-state index in [2.05, 4.69) is 20.0 Å². The van der Waals surface area contributed by atoms with Crippen molar-refractivity contribution >= 4 is 5.97 Å². The molecular formula is C6H9N3O3. The van der Waals surface area contributed by atoms with Crippen LogP contribution < -0.4 is 5.32 Å². The lowest BCUT2D eigenvalue weighted by Gasteiger charge is -2.00. The standard InChI is InChI=1S/C6H9N3O3/c1-3(7-2)5-8-4(6(10)11)9-12-5/h3,7H,1-2H3,(H,10,11)/t3-/m0/s1. The van der Waals surface area contributed by atoms with E-state index in [1.54, 1.807) is 14.0 Å². The van der Waals surface area contributed by atoms with Gasteiger partial charge >= 0.3 is 5.97 Å². The molecule has 0 radical (unpaired) electrons. The van der Waals surface area contributed by atoms with Gasteiger partial charge in [-0.1, -0.05) is 0 Å². The number of aromatic carboxylic acids is 1. The average Bonchev–Trinajstić information content (AvgIpc) is 2.51. The molecule has 1 heterocycles. The number of nitrogens with zero attached hydrogens (tertiary/aromatic N) is 2. The summed E-state index contributed by atoms with van der Waals surface area (Å²) in [4.78, 5) is 14.0. The monoisotopic (exact) mass is 171 g/mol. The molecule has 1 aromatic rings. The number of hydrogen-bond acceptors (Lipinski definition) is 5. The fourth-order valence-corrected chi connectivity index (χ4v) is 0.621. The fraction of sp³-hybridized carbons (Fsp3) is 0.500. The second-order valence-electron chi connectivity index (χ2n) is 2.27. The Kier molecular flexibility index (Phi) is 2.39. The first-order valence-corrected chi connectivity index (χ1v) is 3.39. The Hall–Kier alpha value is -1.43. The quantitative estimate of drug-likeness (QED) is 0.667. The molecule has 1 aromatic heterocycles. The highest BCUT2D eigenvalue weighted by molar-refractivity contribution is 5.82. The third-order valence-corrected chi connectivity index (χ3v) is 1.44. The van der Waals surface area contributed by atoms with Gasteiger partial charge in [-0.2, -0.15) is 4.98 Å². The number of carbonyl (C=O) groups is 1. The summed E-state index contributed by atoms with van der Waals surface area (Å²) < 4.78 is 4.67. The minimum atomic E-state index is -1.19. The number of rotatable bonds is 3. The average molecular weight is 171 g/mol. The molecular weight excluding hydrogens is 162 g/mol. The van der Waals surface area contributed by atoms with Crippen LogP contribution in [0.4, 0.5) is 0 Å². The second-order valence-corrected chi connectivity index (χ2v) is 2.27. The molecule has 66 valence electrons. The summed E-state index contributed by atoms with van der Waals surface area (Å²) in [5, 5.41) is 14.6. The zero-order chi connectivity index (χ0) is 9.14. The lowest BCUT2D eigenvalue weighted by atomic mass is 10.3. The molecule has 6 nitrogen and oxygen atoms in total. The Labute approximate surface area is 68.6 Å². The van der Waals surface area contributed by atoms with E-state index in [1.165, 1.54) is 0 Å². The van der Waals surface area contributed by atoms with Crippen molar-refractivity contribution in [1.82, 2.24) is 15.5 Å². The van der Waals surface area contributed by atoms with Crippen LogP contribution in [0.15, 0.2) is 4.52 Å². The molecule has 0 unspecified atom stereocenters. The molecule has 0 fully saturated rings. The summed E-state index contributed by atoms with van der Waals surface area (Å²) in [6.45, 7) is 1.79. The van der Waals surface area contributed by atoms with Crippen LogP contribution in [0.2, 0.25) is 0 Å². The Morgan fingerprint density at radius 3 is 2.83 bits per heavy atom. The lowest BCUT2D eigenvalue weighted by Crippen LogP contribution is -2.12. The number of nitrogens with one attached hydrogen (secondary N) is 1. The normalized spacial score (nSPS) is 12.8. The van der Waals surface area contributed by atoms with E-state index in [-0.39, 0.29) is 17.8 Å². The molecule has 0 aliphatic heterocycles. The van der Waals surface area contributed by atoms with Crippen molar-refractivity contribution in [2.75, 3.05) is 7.05 Å². The lowest BCUT2D eigenvalue weighted by molar-refractivity contribution is 0.0680. The van der Waals surface area contributed by atoms with Crippen LogP contribution in [0.5, 0.6) is 0 Å². The summed E-state index contributed by atoms with van der Waals surface area (Å²) in [5.74, 6) is -1.23. The zero-order valence-corrected chi connectivity index (χ0v) is 6.74. The summed E-state index contributed by atoms with van der Waals surface area (Å²) in [5.41, 5.74) is 0. The van der Waals surface area contributed by atoms with Crippen molar-refractivity contribution in [3.8, 4) is 0 Å². The molecule has 0 aromatic carbocycles. The molecule has 1 rings (SSSR count). The molecule has 0 bridgehead atoms. The highest BCUT2D eigenvalue weighted by atomic mass is 16.5. The zero-order valence-electron chi connectivity index (χ0n) is 6.74. The number of aromatic nitrogens is 2.